The molecule has 6 heteroatoms. The summed E-state index contributed by atoms with van der Waals surface area (Å²) in [5, 5.41) is 2.23. The maximum Gasteiger partial charge on any atom is 0.221 e. The molecule has 1 aromatic carbocycles. The Hall–Kier alpha value is -1.40. The van der Waals surface area contributed by atoms with Crippen molar-refractivity contribution in [1.82, 2.24) is 0 Å². The Bertz CT molecular complexity index is 545. The highest BCUT2D eigenvalue weighted by atomic mass is 32.2. The van der Waals surface area contributed by atoms with Crippen molar-refractivity contribution in [1.29, 1.82) is 0 Å². The number of amides is 1. The summed E-state index contributed by atoms with van der Waals surface area (Å²) >= 11 is 0. The molecule has 0 radical (unpaired) electrons. The van der Waals surface area contributed by atoms with Gasteiger partial charge in [0.05, 0.1) is 10.1 Å². The van der Waals surface area contributed by atoms with Crippen LogP contribution in [0.25, 0.3) is 0 Å². The summed E-state index contributed by atoms with van der Waals surface area (Å²) in [5.74, 6) is -0.185. The van der Waals surface area contributed by atoms with Crippen LogP contribution < -0.4 is 11.1 Å². The van der Waals surface area contributed by atoms with Crippen molar-refractivity contribution >= 4 is 21.4 Å². The fraction of sp³-hybridized carbons (Fsp3) is 0.417. The molecule has 98 valence electrons. The monoisotopic (exact) mass is 268 g/mol. The average molecular weight is 268 g/mol. The summed E-state index contributed by atoms with van der Waals surface area (Å²) in [6, 6.07) is 6.22. The van der Waals surface area contributed by atoms with E-state index >= 15 is 0 Å². The molecule has 1 aromatic rings. The van der Waals surface area contributed by atoms with Crippen LogP contribution in [0.4, 0.5) is 5.69 Å². The van der Waals surface area contributed by atoms with Crippen LogP contribution in [0.3, 0.4) is 0 Å². The summed E-state index contributed by atoms with van der Waals surface area (Å²) < 4.78 is 24.3. The molecule has 5 nitrogen and oxygen atoms in total. The normalized spacial score (nSPS) is 23.2. The smallest absolute Gasteiger partial charge is 0.221 e. The predicted molar refractivity (Wildman–Crippen MR) is 68.9 cm³/mol. The van der Waals surface area contributed by atoms with Crippen molar-refractivity contribution in [3.8, 4) is 0 Å². The van der Waals surface area contributed by atoms with E-state index in [-0.39, 0.29) is 22.1 Å². The Labute approximate surface area is 106 Å². The van der Waals surface area contributed by atoms with Crippen LogP contribution in [0.1, 0.15) is 19.8 Å². The highest BCUT2D eigenvalue weighted by Crippen LogP contribution is 2.30. The summed E-state index contributed by atoms with van der Waals surface area (Å²) in [7, 11) is -3.27. The SMILES string of the molecule is CC(=O)Nc1ccc(S(=O)(=O)C2CC(N)C2)cc1. The van der Waals surface area contributed by atoms with Gasteiger partial charge in [-0.05, 0) is 37.1 Å². The first kappa shape index (κ1) is 13.0. The van der Waals surface area contributed by atoms with E-state index in [1.807, 2.05) is 0 Å². The lowest BCUT2D eigenvalue weighted by atomic mass is 9.93. The van der Waals surface area contributed by atoms with Crippen LogP contribution in [0.2, 0.25) is 0 Å². The van der Waals surface area contributed by atoms with E-state index < -0.39 is 9.84 Å². The zero-order valence-corrected chi connectivity index (χ0v) is 10.9. The summed E-state index contributed by atoms with van der Waals surface area (Å²) in [6.07, 6.45) is 1.05. The molecule has 1 fully saturated rings. The maximum absolute atomic E-state index is 12.2. The summed E-state index contributed by atoms with van der Waals surface area (Å²) in [5.41, 5.74) is 6.20. The number of hydrogen-bond donors (Lipinski definition) is 2. The zero-order valence-electron chi connectivity index (χ0n) is 10.1. The summed E-state index contributed by atoms with van der Waals surface area (Å²) in [4.78, 5) is 11.1. The van der Waals surface area contributed by atoms with Crippen LogP contribution in [-0.2, 0) is 14.6 Å². The van der Waals surface area contributed by atoms with Gasteiger partial charge < -0.3 is 11.1 Å². The van der Waals surface area contributed by atoms with Gasteiger partial charge in [-0.3, -0.25) is 4.79 Å². The Balaban J connectivity index is 2.16. The van der Waals surface area contributed by atoms with E-state index in [0.29, 0.717) is 18.5 Å². The second-order valence-electron chi connectivity index (χ2n) is 4.60. The molecule has 3 N–H and O–H groups in total. The number of rotatable bonds is 3. The predicted octanol–water partition coefficient (Wildman–Crippen LogP) is 0.908. The van der Waals surface area contributed by atoms with Crippen molar-refractivity contribution in [3.05, 3.63) is 24.3 Å². The van der Waals surface area contributed by atoms with Gasteiger partial charge in [0, 0.05) is 18.7 Å². The first-order chi connectivity index (χ1) is 8.39. The van der Waals surface area contributed by atoms with Crippen molar-refractivity contribution in [2.24, 2.45) is 5.73 Å². The Kier molecular flexibility index (Phi) is 3.41. The van der Waals surface area contributed by atoms with Gasteiger partial charge in [0.25, 0.3) is 0 Å². The first-order valence-corrected chi connectivity index (χ1v) is 7.31. The van der Waals surface area contributed by atoms with Crippen LogP contribution in [-0.4, -0.2) is 25.6 Å². The minimum Gasteiger partial charge on any atom is -0.328 e. The van der Waals surface area contributed by atoms with Crippen LogP contribution in [0, 0.1) is 0 Å². The third-order valence-corrected chi connectivity index (χ3v) is 5.27. The van der Waals surface area contributed by atoms with Crippen LogP contribution in [0.15, 0.2) is 29.2 Å². The third-order valence-electron chi connectivity index (χ3n) is 3.07. The fourth-order valence-corrected chi connectivity index (χ4v) is 3.88. The molecule has 1 amide bonds. The van der Waals surface area contributed by atoms with E-state index in [0.717, 1.165) is 0 Å². The van der Waals surface area contributed by atoms with Gasteiger partial charge in [-0.15, -0.1) is 0 Å². The van der Waals surface area contributed by atoms with E-state index in [1.165, 1.54) is 19.1 Å². The average Bonchev–Trinajstić information content (AvgIpc) is 2.24. The number of nitrogens with two attached hydrogens (primary N) is 1. The number of carbonyl (C=O) groups is 1. The molecular weight excluding hydrogens is 252 g/mol. The topological polar surface area (TPSA) is 89.3 Å². The first-order valence-electron chi connectivity index (χ1n) is 5.76. The number of benzene rings is 1. The Morgan fingerprint density at radius 3 is 2.28 bits per heavy atom. The fourth-order valence-electron chi connectivity index (χ4n) is 1.98. The van der Waals surface area contributed by atoms with Gasteiger partial charge in [-0.1, -0.05) is 0 Å². The van der Waals surface area contributed by atoms with Crippen molar-refractivity contribution in [2.45, 2.75) is 36.0 Å². The second kappa shape index (κ2) is 4.70. The standard InChI is InChI=1S/C12H16N2O3S/c1-8(15)14-10-2-4-11(5-3-10)18(16,17)12-6-9(13)7-12/h2-5,9,12H,6-7,13H2,1H3,(H,14,15). The molecule has 0 aromatic heterocycles. The van der Waals surface area contributed by atoms with Gasteiger partial charge in [0.2, 0.25) is 5.91 Å². The lowest BCUT2D eigenvalue weighted by Crippen LogP contribution is -2.44. The van der Waals surface area contributed by atoms with Crippen molar-refractivity contribution in [2.75, 3.05) is 5.32 Å². The van der Waals surface area contributed by atoms with E-state index in [4.69, 9.17) is 5.73 Å². The molecule has 0 unspecified atom stereocenters. The molecule has 0 heterocycles. The van der Waals surface area contributed by atoms with Gasteiger partial charge in [0.1, 0.15) is 0 Å². The molecular formula is C12H16N2O3S. The molecule has 0 bridgehead atoms. The molecule has 2 rings (SSSR count). The molecule has 0 saturated heterocycles. The number of sulfone groups is 1. The van der Waals surface area contributed by atoms with E-state index in [9.17, 15) is 13.2 Å². The largest absolute Gasteiger partial charge is 0.328 e. The van der Waals surface area contributed by atoms with Crippen LogP contribution in [0.5, 0.6) is 0 Å². The highest BCUT2D eigenvalue weighted by molar-refractivity contribution is 7.92. The number of carbonyl (C=O) groups excluding carboxylic acids is 1. The number of anilines is 1. The highest BCUT2D eigenvalue weighted by Gasteiger charge is 2.37. The minimum atomic E-state index is -3.27. The van der Waals surface area contributed by atoms with E-state index in [1.54, 1.807) is 12.1 Å². The lowest BCUT2D eigenvalue weighted by molar-refractivity contribution is -0.114. The Morgan fingerprint density at radius 2 is 1.83 bits per heavy atom. The van der Waals surface area contributed by atoms with Crippen molar-refractivity contribution < 1.29 is 13.2 Å². The summed E-state index contributed by atoms with van der Waals surface area (Å²) in [6.45, 7) is 1.40. The molecule has 0 aliphatic heterocycles. The second-order valence-corrected chi connectivity index (χ2v) is 6.83. The van der Waals surface area contributed by atoms with Crippen LogP contribution >= 0.6 is 0 Å². The third kappa shape index (κ3) is 2.54. The molecule has 1 saturated carbocycles. The van der Waals surface area contributed by atoms with Gasteiger partial charge in [0.15, 0.2) is 9.84 Å². The number of hydrogen-bond acceptors (Lipinski definition) is 4. The van der Waals surface area contributed by atoms with Gasteiger partial charge in [-0.2, -0.15) is 0 Å². The Morgan fingerprint density at radius 1 is 1.28 bits per heavy atom. The van der Waals surface area contributed by atoms with Gasteiger partial charge >= 0.3 is 0 Å². The zero-order chi connectivity index (χ0) is 13.3. The molecule has 18 heavy (non-hydrogen) atoms. The maximum atomic E-state index is 12.2. The van der Waals surface area contributed by atoms with E-state index in [2.05, 4.69) is 5.32 Å². The quantitative estimate of drug-likeness (QED) is 0.852. The van der Waals surface area contributed by atoms with Crippen molar-refractivity contribution in [3.63, 3.8) is 0 Å². The van der Waals surface area contributed by atoms with Gasteiger partial charge in [-0.25, -0.2) is 8.42 Å². The molecule has 1 aliphatic carbocycles. The number of nitrogens with one attached hydrogen (secondary N) is 1. The molecule has 0 atom stereocenters. The molecule has 1 aliphatic rings. The minimum absolute atomic E-state index is 0.00317. The molecule has 0 spiro atoms. The lowest BCUT2D eigenvalue weighted by Gasteiger charge is -2.31.